The molecule has 0 spiro atoms. The number of nitrogens with one attached hydrogen (secondary N) is 1. The van der Waals surface area contributed by atoms with Crippen molar-refractivity contribution in [1.29, 1.82) is 0 Å². The molecule has 0 aliphatic carbocycles. The summed E-state index contributed by atoms with van der Waals surface area (Å²) in [4.78, 5) is 28.2. The first kappa shape index (κ1) is 18.5. The average molecular weight is 362 g/mol. The van der Waals surface area contributed by atoms with E-state index in [1.54, 1.807) is 23.6 Å². The van der Waals surface area contributed by atoms with Gasteiger partial charge in [0.2, 0.25) is 0 Å². The number of hydrogen-bond donors (Lipinski definition) is 1. The van der Waals surface area contributed by atoms with E-state index >= 15 is 0 Å². The van der Waals surface area contributed by atoms with Gasteiger partial charge in [-0.2, -0.15) is 0 Å². The third-order valence-corrected chi connectivity index (χ3v) is 3.95. The van der Waals surface area contributed by atoms with Crippen LogP contribution in [0.25, 0.3) is 0 Å². The number of esters is 1. The number of benzene rings is 1. The zero-order chi connectivity index (χ0) is 18.2. The molecule has 0 radical (unpaired) electrons. The summed E-state index contributed by atoms with van der Waals surface area (Å²) in [7, 11) is 2.99. The Hall–Kier alpha value is -2.87. The van der Waals surface area contributed by atoms with Gasteiger partial charge in [0.05, 0.1) is 14.2 Å². The summed E-state index contributed by atoms with van der Waals surface area (Å²) in [5.41, 5.74) is 0.508. The van der Waals surface area contributed by atoms with E-state index in [0.717, 1.165) is 0 Å². The molecule has 1 aromatic carbocycles. The van der Waals surface area contributed by atoms with Crippen LogP contribution in [-0.2, 0) is 4.74 Å². The van der Waals surface area contributed by atoms with Crippen molar-refractivity contribution < 1.29 is 23.8 Å². The van der Waals surface area contributed by atoms with Gasteiger partial charge in [0.15, 0.2) is 34.7 Å². The third kappa shape index (κ3) is 4.80. The third-order valence-electron chi connectivity index (χ3n) is 3.15. The van der Waals surface area contributed by atoms with Gasteiger partial charge in [-0.3, -0.25) is 4.79 Å². The summed E-state index contributed by atoms with van der Waals surface area (Å²) in [6.07, 6.45) is 1.68. The van der Waals surface area contributed by atoms with Crippen molar-refractivity contribution in [2.45, 2.75) is 0 Å². The minimum absolute atomic E-state index is 0.150. The quantitative estimate of drug-likeness (QED) is 0.417. The molecule has 0 aliphatic heterocycles. The number of nitrogens with zero attached hydrogens (tertiary/aromatic N) is 1. The number of ketones is 1. The van der Waals surface area contributed by atoms with Gasteiger partial charge in [-0.1, -0.05) is 6.08 Å². The van der Waals surface area contributed by atoms with Crippen molar-refractivity contribution in [1.82, 2.24) is 4.98 Å². The van der Waals surface area contributed by atoms with E-state index in [0.29, 0.717) is 28.7 Å². The second kappa shape index (κ2) is 8.84. The summed E-state index contributed by atoms with van der Waals surface area (Å²) >= 11 is 1.27. The highest BCUT2D eigenvalue weighted by Gasteiger charge is 2.16. The maximum absolute atomic E-state index is 12.2. The Morgan fingerprint density at radius 3 is 2.72 bits per heavy atom. The molecule has 25 heavy (non-hydrogen) atoms. The highest BCUT2D eigenvalue weighted by atomic mass is 32.1. The van der Waals surface area contributed by atoms with Crippen LogP contribution in [0, 0.1) is 0 Å². The van der Waals surface area contributed by atoms with Crippen molar-refractivity contribution in [2.75, 3.05) is 32.7 Å². The molecule has 0 aliphatic rings. The van der Waals surface area contributed by atoms with Crippen LogP contribution in [0.4, 0.5) is 5.13 Å². The zero-order valence-electron chi connectivity index (χ0n) is 13.9. The molecule has 7 nitrogen and oxygen atoms in total. The van der Waals surface area contributed by atoms with E-state index in [-0.39, 0.29) is 18.1 Å². The molecule has 1 heterocycles. The van der Waals surface area contributed by atoms with Gasteiger partial charge in [0, 0.05) is 17.5 Å². The molecule has 132 valence electrons. The zero-order valence-corrected chi connectivity index (χ0v) is 14.7. The van der Waals surface area contributed by atoms with E-state index in [9.17, 15) is 9.59 Å². The molecular formula is C17H18N2O5S. The second-order valence-corrected chi connectivity index (χ2v) is 5.63. The Labute approximate surface area is 149 Å². The molecule has 0 unspecified atom stereocenters. The van der Waals surface area contributed by atoms with Crippen molar-refractivity contribution >= 4 is 28.2 Å². The number of anilines is 1. The number of carbonyl (C=O) groups is 2. The number of hydrogen-bond acceptors (Lipinski definition) is 8. The lowest BCUT2D eigenvalue weighted by atomic mass is 10.1. The monoisotopic (exact) mass is 362 g/mol. The van der Waals surface area contributed by atoms with Crippen LogP contribution in [0.5, 0.6) is 11.5 Å². The smallest absolute Gasteiger partial charge is 0.358 e. The Bertz CT molecular complexity index is 772. The summed E-state index contributed by atoms with van der Waals surface area (Å²) in [6.45, 7) is 3.74. The molecule has 0 atom stereocenters. The maximum atomic E-state index is 12.2. The highest BCUT2D eigenvalue weighted by Crippen LogP contribution is 2.27. The van der Waals surface area contributed by atoms with Gasteiger partial charge in [-0.15, -0.1) is 17.9 Å². The Morgan fingerprint density at radius 1 is 1.28 bits per heavy atom. The predicted octanol–water partition coefficient (Wildman–Crippen LogP) is 2.80. The molecule has 0 saturated carbocycles. The van der Waals surface area contributed by atoms with Crippen molar-refractivity contribution in [3.8, 4) is 11.5 Å². The van der Waals surface area contributed by atoms with Crippen LogP contribution in [-0.4, -0.2) is 44.1 Å². The van der Waals surface area contributed by atoms with Gasteiger partial charge in [-0.25, -0.2) is 9.78 Å². The Kier molecular flexibility index (Phi) is 6.53. The topological polar surface area (TPSA) is 86.8 Å². The first-order valence-corrected chi connectivity index (χ1v) is 8.19. The average Bonchev–Trinajstić information content (AvgIpc) is 3.12. The molecule has 8 heteroatoms. The van der Waals surface area contributed by atoms with Gasteiger partial charge < -0.3 is 19.5 Å². The van der Waals surface area contributed by atoms with Gasteiger partial charge in [-0.05, 0) is 18.2 Å². The summed E-state index contributed by atoms with van der Waals surface area (Å²) < 4.78 is 15.3. The number of thiazole rings is 1. The number of carbonyl (C=O) groups excluding carboxylic acids is 2. The number of ether oxygens (including phenoxy) is 3. The fraction of sp³-hybridized carbons (Fsp3) is 0.235. The molecule has 2 rings (SSSR count). The molecule has 0 amide bonds. The minimum atomic E-state index is -0.656. The van der Waals surface area contributed by atoms with Crippen LogP contribution in [0.15, 0.2) is 36.2 Å². The number of rotatable bonds is 9. The van der Waals surface area contributed by atoms with E-state index < -0.39 is 5.97 Å². The van der Waals surface area contributed by atoms with Crippen molar-refractivity contribution in [3.05, 3.63) is 47.5 Å². The van der Waals surface area contributed by atoms with Gasteiger partial charge >= 0.3 is 5.97 Å². The summed E-state index contributed by atoms with van der Waals surface area (Å²) in [5.74, 6) is -0.0681. The highest BCUT2D eigenvalue weighted by molar-refractivity contribution is 7.13. The molecule has 0 saturated heterocycles. The molecular weight excluding hydrogens is 344 g/mol. The van der Waals surface area contributed by atoms with E-state index in [1.165, 1.54) is 31.6 Å². The van der Waals surface area contributed by atoms with Crippen LogP contribution >= 0.6 is 11.3 Å². The van der Waals surface area contributed by atoms with Crippen molar-refractivity contribution in [2.24, 2.45) is 0 Å². The molecule has 0 bridgehead atoms. The number of Topliss-reactive ketones (excluding diaryl/α,β-unsaturated/α-hetero) is 1. The van der Waals surface area contributed by atoms with Crippen LogP contribution in [0.2, 0.25) is 0 Å². The van der Waals surface area contributed by atoms with Crippen LogP contribution < -0.4 is 14.8 Å². The number of methoxy groups -OCH3 is 2. The van der Waals surface area contributed by atoms with Crippen LogP contribution in [0.1, 0.15) is 20.8 Å². The van der Waals surface area contributed by atoms with Gasteiger partial charge in [0.1, 0.15) is 0 Å². The summed E-state index contributed by atoms with van der Waals surface area (Å²) in [5, 5.41) is 5.12. The standard InChI is InChI=1S/C17H18N2O5S/c1-4-7-18-17-19-12(10-25-17)16(21)24-9-13(20)11-5-6-14(22-2)15(8-11)23-3/h4-6,8,10H,1,7,9H2,2-3H3,(H,18,19). The Balaban J connectivity index is 1.96. The number of aromatic nitrogens is 1. The fourth-order valence-electron chi connectivity index (χ4n) is 1.91. The molecule has 2 aromatic rings. The largest absolute Gasteiger partial charge is 0.493 e. The SMILES string of the molecule is C=CCNc1nc(C(=O)OCC(=O)c2ccc(OC)c(OC)c2)cs1. The lowest BCUT2D eigenvalue weighted by Crippen LogP contribution is -2.14. The van der Waals surface area contributed by atoms with E-state index in [4.69, 9.17) is 14.2 Å². The predicted molar refractivity (Wildman–Crippen MR) is 95.0 cm³/mol. The summed E-state index contributed by atoms with van der Waals surface area (Å²) in [6, 6.07) is 4.73. The lowest BCUT2D eigenvalue weighted by Gasteiger charge is -2.09. The van der Waals surface area contributed by atoms with Crippen molar-refractivity contribution in [3.63, 3.8) is 0 Å². The fourth-order valence-corrected chi connectivity index (χ4v) is 2.60. The van der Waals surface area contributed by atoms with E-state index in [2.05, 4.69) is 16.9 Å². The molecule has 0 fully saturated rings. The van der Waals surface area contributed by atoms with E-state index in [1.807, 2.05) is 0 Å². The van der Waals surface area contributed by atoms with Crippen LogP contribution in [0.3, 0.4) is 0 Å². The first-order chi connectivity index (χ1) is 12.1. The lowest BCUT2D eigenvalue weighted by molar-refractivity contribution is 0.0470. The first-order valence-electron chi connectivity index (χ1n) is 7.31. The minimum Gasteiger partial charge on any atom is -0.493 e. The normalized spacial score (nSPS) is 10.0. The molecule has 1 N–H and O–H groups in total. The van der Waals surface area contributed by atoms with Gasteiger partial charge in [0.25, 0.3) is 0 Å². The maximum Gasteiger partial charge on any atom is 0.358 e. The second-order valence-electron chi connectivity index (χ2n) is 4.78. The Morgan fingerprint density at radius 2 is 2.04 bits per heavy atom. The molecule has 1 aromatic heterocycles.